The van der Waals surface area contributed by atoms with Gasteiger partial charge in [-0.05, 0) is 24.3 Å². The molecule has 0 unspecified atom stereocenters. The minimum absolute atomic E-state index is 0.0772. The predicted molar refractivity (Wildman–Crippen MR) is 119 cm³/mol. The molecule has 5 rings (SSSR count). The summed E-state index contributed by atoms with van der Waals surface area (Å²) in [5, 5.41) is 5.49. The summed E-state index contributed by atoms with van der Waals surface area (Å²) in [6.07, 6.45) is 1.77. The molecule has 0 saturated heterocycles. The van der Waals surface area contributed by atoms with E-state index >= 15 is 0 Å². The Kier molecular flexibility index (Phi) is 4.44. The second-order valence-corrected chi connectivity index (χ2v) is 8.71. The third-order valence-electron chi connectivity index (χ3n) is 4.90. The average molecular weight is 423 g/mol. The number of aliphatic imine (C=N–C) groups is 1. The normalized spacial score (nSPS) is 13.9. The summed E-state index contributed by atoms with van der Waals surface area (Å²) in [7, 11) is 3.70. The van der Waals surface area contributed by atoms with Crippen molar-refractivity contribution in [1.82, 2.24) is 15.2 Å². The molecule has 0 aliphatic carbocycles. The molecule has 4 aromatic rings. The Bertz CT molecular complexity index is 1270. The maximum absolute atomic E-state index is 12.0. The predicted octanol–water partition coefficient (Wildman–Crippen LogP) is 4.35. The van der Waals surface area contributed by atoms with Gasteiger partial charge in [-0.3, -0.25) is 14.8 Å². The van der Waals surface area contributed by atoms with Crippen LogP contribution < -0.4 is 10.1 Å². The number of benzene rings is 1. The van der Waals surface area contributed by atoms with Crippen LogP contribution in [0.1, 0.15) is 15.2 Å². The summed E-state index contributed by atoms with van der Waals surface area (Å²) in [5.74, 6) is 2.45. The van der Waals surface area contributed by atoms with Gasteiger partial charge in [0.15, 0.2) is 0 Å². The fourth-order valence-electron chi connectivity index (χ4n) is 3.41. The second kappa shape index (κ2) is 7.13. The maximum Gasteiger partial charge on any atom is 0.252 e. The van der Waals surface area contributed by atoms with Crippen molar-refractivity contribution in [3.63, 3.8) is 0 Å². The monoisotopic (exact) mass is 422 g/mol. The molecule has 8 heteroatoms. The summed E-state index contributed by atoms with van der Waals surface area (Å²) < 4.78 is 8.24. The molecule has 1 aliphatic heterocycles. The summed E-state index contributed by atoms with van der Waals surface area (Å²) >= 11 is 3.18. The van der Waals surface area contributed by atoms with Crippen LogP contribution in [0, 0.1) is 0 Å². The van der Waals surface area contributed by atoms with Crippen molar-refractivity contribution in [1.29, 1.82) is 0 Å². The van der Waals surface area contributed by atoms with E-state index in [4.69, 9.17) is 4.74 Å². The second-order valence-electron chi connectivity index (χ2n) is 6.75. The van der Waals surface area contributed by atoms with Gasteiger partial charge in [0.2, 0.25) is 0 Å². The van der Waals surface area contributed by atoms with Gasteiger partial charge >= 0.3 is 0 Å². The zero-order valence-electron chi connectivity index (χ0n) is 15.9. The topological polar surface area (TPSA) is 66.8 Å². The number of rotatable bonds is 4. The molecular formula is C21H18N4O2S2. The number of amidine groups is 1. The average Bonchev–Trinajstić information content (AvgIpc) is 3.44. The Balaban J connectivity index is 1.50. The molecule has 0 fully saturated rings. The van der Waals surface area contributed by atoms with E-state index < -0.39 is 0 Å². The van der Waals surface area contributed by atoms with Crippen molar-refractivity contribution >= 4 is 54.7 Å². The zero-order valence-corrected chi connectivity index (χ0v) is 17.6. The van der Waals surface area contributed by atoms with Crippen molar-refractivity contribution in [2.24, 2.45) is 4.99 Å². The molecule has 0 radical (unpaired) electrons. The van der Waals surface area contributed by atoms with E-state index in [9.17, 15) is 4.79 Å². The van der Waals surface area contributed by atoms with Crippen molar-refractivity contribution in [2.75, 3.05) is 27.2 Å². The number of carbonyl (C=O) groups is 1. The lowest BCUT2D eigenvalue weighted by atomic mass is 10.1. The van der Waals surface area contributed by atoms with Crippen LogP contribution in [0.2, 0.25) is 0 Å². The van der Waals surface area contributed by atoms with E-state index in [1.807, 2.05) is 29.6 Å². The molecule has 0 spiro atoms. The fourth-order valence-corrected chi connectivity index (χ4v) is 5.51. The number of thiophene rings is 2. The molecule has 1 aromatic carbocycles. The van der Waals surface area contributed by atoms with E-state index in [1.54, 1.807) is 24.6 Å². The Morgan fingerprint density at radius 3 is 2.97 bits per heavy atom. The molecule has 0 saturated carbocycles. The molecule has 0 atom stereocenters. The summed E-state index contributed by atoms with van der Waals surface area (Å²) in [6.45, 7) is 1.77. The number of pyridine rings is 1. The van der Waals surface area contributed by atoms with Gasteiger partial charge in [0.25, 0.3) is 5.91 Å². The lowest BCUT2D eigenvalue weighted by Gasteiger charge is -2.11. The maximum atomic E-state index is 12.0. The van der Waals surface area contributed by atoms with Gasteiger partial charge in [0, 0.05) is 48.4 Å². The highest BCUT2D eigenvalue weighted by Crippen LogP contribution is 2.37. The highest BCUT2D eigenvalue weighted by Gasteiger charge is 2.19. The highest BCUT2D eigenvalue weighted by atomic mass is 32.1. The van der Waals surface area contributed by atoms with Crippen molar-refractivity contribution < 1.29 is 9.53 Å². The number of nitrogens with one attached hydrogen (secondary N) is 1. The molecule has 1 aliphatic rings. The first-order valence-corrected chi connectivity index (χ1v) is 10.9. The van der Waals surface area contributed by atoms with E-state index in [0.717, 1.165) is 55.6 Å². The number of likely N-dealkylation sites (N-methyl/N-ethyl adjacent to an activating group) is 1. The molecule has 29 heavy (non-hydrogen) atoms. The van der Waals surface area contributed by atoms with Crippen LogP contribution in [0.15, 0.2) is 46.9 Å². The molecular weight excluding hydrogens is 404 g/mol. The first-order valence-electron chi connectivity index (χ1n) is 9.20. The summed E-state index contributed by atoms with van der Waals surface area (Å²) in [4.78, 5) is 24.4. The van der Waals surface area contributed by atoms with Gasteiger partial charge in [-0.1, -0.05) is 0 Å². The quantitative estimate of drug-likeness (QED) is 0.531. The van der Waals surface area contributed by atoms with Gasteiger partial charge in [0.05, 0.1) is 27.2 Å². The Morgan fingerprint density at radius 1 is 1.28 bits per heavy atom. The Morgan fingerprint density at radius 2 is 2.17 bits per heavy atom. The number of aromatic nitrogens is 1. The van der Waals surface area contributed by atoms with Crippen LogP contribution in [-0.2, 0) is 0 Å². The van der Waals surface area contributed by atoms with Crippen LogP contribution in [0.4, 0.5) is 0 Å². The third kappa shape index (κ3) is 3.14. The van der Waals surface area contributed by atoms with Crippen LogP contribution >= 0.6 is 22.7 Å². The standard InChI is InChI=1S/C21H18N4O2S2/c1-22-21(26)14-11-28-17-9-12(3-4-13(14)17)27-16-5-6-23-15-10-18(29-19(15)16)20-24-7-8-25(20)2/h3-6,9-11H,7-8H2,1-2H3,(H,22,26). The Hall–Kier alpha value is -2.97. The number of nitrogens with zero attached hydrogens (tertiary/aromatic N) is 3. The van der Waals surface area contributed by atoms with Gasteiger partial charge < -0.3 is 15.0 Å². The van der Waals surface area contributed by atoms with Crippen molar-refractivity contribution in [3.05, 3.63) is 52.3 Å². The van der Waals surface area contributed by atoms with E-state index in [1.165, 1.54) is 11.3 Å². The van der Waals surface area contributed by atoms with Crippen molar-refractivity contribution in [2.45, 2.75) is 0 Å². The first-order chi connectivity index (χ1) is 14.1. The zero-order chi connectivity index (χ0) is 20.0. The SMILES string of the molecule is CNC(=O)c1csc2cc(Oc3ccnc4cc(C5=NCCN5C)sc34)ccc12. The molecule has 146 valence electrons. The lowest BCUT2D eigenvalue weighted by Crippen LogP contribution is -2.22. The van der Waals surface area contributed by atoms with Gasteiger partial charge in [-0.15, -0.1) is 22.7 Å². The van der Waals surface area contributed by atoms with Crippen LogP contribution in [0.3, 0.4) is 0 Å². The number of hydrogen-bond donors (Lipinski definition) is 1. The first kappa shape index (κ1) is 18.1. The third-order valence-corrected chi connectivity index (χ3v) is 6.98. The summed E-state index contributed by atoms with van der Waals surface area (Å²) in [6, 6.07) is 9.77. The lowest BCUT2D eigenvalue weighted by molar-refractivity contribution is 0.0965. The smallest absolute Gasteiger partial charge is 0.252 e. The molecule has 6 nitrogen and oxygen atoms in total. The number of carbonyl (C=O) groups excluding carboxylic acids is 1. The Labute approximate surface area is 175 Å². The number of ether oxygens (including phenoxy) is 1. The van der Waals surface area contributed by atoms with Crippen molar-refractivity contribution in [3.8, 4) is 11.5 Å². The molecule has 1 amide bonds. The largest absolute Gasteiger partial charge is 0.456 e. The molecule has 3 aromatic heterocycles. The number of hydrogen-bond acceptors (Lipinski definition) is 7. The summed E-state index contributed by atoms with van der Waals surface area (Å²) in [5.41, 5.74) is 1.60. The van der Waals surface area contributed by atoms with Gasteiger partial charge in [-0.2, -0.15) is 0 Å². The van der Waals surface area contributed by atoms with Gasteiger partial charge in [0.1, 0.15) is 17.3 Å². The van der Waals surface area contributed by atoms with Crippen LogP contribution in [0.5, 0.6) is 11.5 Å². The van der Waals surface area contributed by atoms with E-state index in [0.29, 0.717) is 5.56 Å². The van der Waals surface area contributed by atoms with E-state index in [2.05, 4.69) is 33.3 Å². The molecule has 4 heterocycles. The number of amides is 1. The van der Waals surface area contributed by atoms with E-state index in [-0.39, 0.29) is 5.91 Å². The molecule has 0 bridgehead atoms. The minimum atomic E-state index is -0.0772. The number of fused-ring (bicyclic) bond motifs is 2. The van der Waals surface area contributed by atoms with Gasteiger partial charge in [-0.25, -0.2) is 0 Å². The van der Waals surface area contributed by atoms with Crippen LogP contribution in [-0.4, -0.2) is 48.8 Å². The fraction of sp³-hybridized carbons (Fsp3) is 0.190. The van der Waals surface area contributed by atoms with Crippen LogP contribution in [0.25, 0.3) is 20.3 Å². The molecule has 1 N–H and O–H groups in total. The highest BCUT2D eigenvalue weighted by molar-refractivity contribution is 7.21. The minimum Gasteiger partial charge on any atom is -0.456 e.